The number of aliphatic hydroxyl groups is 1. The molecule has 0 aromatic heterocycles. The van der Waals surface area contributed by atoms with Gasteiger partial charge in [0.25, 0.3) is 0 Å². The minimum Gasteiger partial charge on any atom is -0.395 e. The van der Waals surface area contributed by atoms with Crippen LogP contribution in [0.3, 0.4) is 0 Å². The lowest BCUT2D eigenvalue weighted by atomic mass is 9.71. The SMILES string of the molecule is CC(C)N(CCO)CC1CC(C)(C)CCC1=O. The predicted molar refractivity (Wildman–Crippen MR) is 69.9 cm³/mol. The quantitative estimate of drug-likeness (QED) is 0.801. The molecule has 100 valence electrons. The second kappa shape index (κ2) is 5.96. The van der Waals surface area contributed by atoms with Gasteiger partial charge >= 0.3 is 0 Å². The number of rotatable bonds is 5. The summed E-state index contributed by atoms with van der Waals surface area (Å²) in [6.45, 7) is 10.4. The van der Waals surface area contributed by atoms with Crippen LogP contribution in [0.2, 0.25) is 0 Å². The minimum absolute atomic E-state index is 0.160. The van der Waals surface area contributed by atoms with Crippen LogP contribution in [0.4, 0.5) is 0 Å². The summed E-state index contributed by atoms with van der Waals surface area (Å²) in [4.78, 5) is 14.2. The second-order valence-corrected chi connectivity index (χ2v) is 6.34. The van der Waals surface area contributed by atoms with Crippen LogP contribution in [0.5, 0.6) is 0 Å². The van der Waals surface area contributed by atoms with Gasteiger partial charge in [-0.05, 0) is 32.1 Å². The van der Waals surface area contributed by atoms with Gasteiger partial charge in [0.05, 0.1) is 6.61 Å². The molecular formula is C14H27NO2. The third-order valence-corrected chi connectivity index (χ3v) is 3.87. The van der Waals surface area contributed by atoms with Crippen molar-refractivity contribution in [2.24, 2.45) is 11.3 Å². The van der Waals surface area contributed by atoms with Crippen molar-refractivity contribution >= 4 is 5.78 Å². The third kappa shape index (κ3) is 4.40. The molecule has 0 aromatic carbocycles. The summed E-state index contributed by atoms with van der Waals surface area (Å²) in [5, 5.41) is 9.06. The molecule has 3 nitrogen and oxygen atoms in total. The fourth-order valence-electron chi connectivity index (χ4n) is 2.69. The van der Waals surface area contributed by atoms with E-state index in [0.717, 1.165) is 25.8 Å². The molecule has 0 heterocycles. The van der Waals surface area contributed by atoms with Crippen LogP contribution in [0.1, 0.15) is 47.0 Å². The van der Waals surface area contributed by atoms with E-state index in [9.17, 15) is 4.79 Å². The number of hydrogen-bond donors (Lipinski definition) is 1. The van der Waals surface area contributed by atoms with Crippen molar-refractivity contribution in [1.29, 1.82) is 0 Å². The molecule has 1 rings (SSSR count). The first-order valence-electron chi connectivity index (χ1n) is 6.73. The van der Waals surface area contributed by atoms with E-state index >= 15 is 0 Å². The highest BCUT2D eigenvalue weighted by atomic mass is 16.3. The molecule has 1 N–H and O–H groups in total. The fourth-order valence-corrected chi connectivity index (χ4v) is 2.69. The van der Waals surface area contributed by atoms with Gasteiger partial charge in [0.1, 0.15) is 5.78 Å². The van der Waals surface area contributed by atoms with Crippen molar-refractivity contribution in [3.05, 3.63) is 0 Å². The number of Topliss-reactive ketones (excluding diaryl/α,β-unsaturated/α-hetero) is 1. The Morgan fingerprint density at radius 3 is 2.65 bits per heavy atom. The molecule has 0 aliphatic heterocycles. The van der Waals surface area contributed by atoms with Crippen LogP contribution in [0, 0.1) is 11.3 Å². The maximum Gasteiger partial charge on any atom is 0.137 e. The van der Waals surface area contributed by atoms with Gasteiger partial charge in [0, 0.05) is 31.5 Å². The topological polar surface area (TPSA) is 40.5 Å². The lowest BCUT2D eigenvalue weighted by molar-refractivity contribution is -0.128. The van der Waals surface area contributed by atoms with Crippen molar-refractivity contribution < 1.29 is 9.90 Å². The first kappa shape index (κ1) is 14.7. The molecule has 0 amide bonds. The van der Waals surface area contributed by atoms with E-state index in [1.165, 1.54) is 0 Å². The van der Waals surface area contributed by atoms with Gasteiger partial charge in [-0.15, -0.1) is 0 Å². The summed E-state index contributed by atoms with van der Waals surface area (Å²) in [6, 6.07) is 0.389. The summed E-state index contributed by atoms with van der Waals surface area (Å²) in [7, 11) is 0. The summed E-state index contributed by atoms with van der Waals surface area (Å²) in [5.41, 5.74) is 0.292. The lowest BCUT2D eigenvalue weighted by Crippen LogP contribution is -2.42. The van der Waals surface area contributed by atoms with Gasteiger partial charge in [0.2, 0.25) is 0 Å². The van der Waals surface area contributed by atoms with E-state index in [4.69, 9.17) is 5.11 Å². The maximum absolute atomic E-state index is 12.0. The number of carbonyl (C=O) groups is 1. The number of nitrogens with zero attached hydrogens (tertiary/aromatic N) is 1. The molecule has 0 saturated heterocycles. The molecule has 0 bridgehead atoms. The second-order valence-electron chi connectivity index (χ2n) is 6.34. The smallest absolute Gasteiger partial charge is 0.137 e. The molecule has 1 aliphatic rings. The number of ketones is 1. The van der Waals surface area contributed by atoms with Gasteiger partial charge < -0.3 is 5.11 Å². The van der Waals surface area contributed by atoms with Crippen LogP contribution in [-0.4, -0.2) is 41.5 Å². The Labute approximate surface area is 105 Å². The Morgan fingerprint density at radius 1 is 1.47 bits per heavy atom. The molecule has 3 heteroatoms. The van der Waals surface area contributed by atoms with Crippen LogP contribution in [0.15, 0.2) is 0 Å². The molecule has 1 aliphatic carbocycles. The summed E-state index contributed by atoms with van der Waals surface area (Å²) < 4.78 is 0. The van der Waals surface area contributed by atoms with Crippen LogP contribution in [0.25, 0.3) is 0 Å². The molecule has 0 aromatic rings. The zero-order valence-electron chi connectivity index (χ0n) is 11.7. The number of hydrogen-bond acceptors (Lipinski definition) is 3. The first-order valence-corrected chi connectivity index (χ1v) is 6.73. The van der Waals surface area contributed by atoms with Gasteiger partial charge in [-0.3, -0.25) is 9.69 Å². The predicted octanol–water partition coefficient (Wildman–Crippen LogP) is 2.08. The molecule has 17 heavy (non-hydrogen) atoms. The molecule has 0 spiro atoms. The zero-order chi connectivity index (χ0) is 13.1. The zero-order valence-corrected chi connectivity index (χ0v) is 11.7. The van der Waals surface area contributed by atoms with Crippen molar-refractivity contribution in [3.8, 4) is 0 Å². The summed E-state index contributed by atoms with van der Waals surface area (Å²) in [6.07, 6.45) is 2.73. The summed E-state index contributed by atoms with van der Waals surface area (Å²) in [5.74, 6) is 0.570. The van der Waals surface area contributed by atoms with Crippen molar-refractivity contribution in [3.63, 3.8) is 0 Å². The van der Waals surface area contributed by atoms with E-state index in [2.05, 4.69) is 32.6 Å². The molecule has 1 fully saturated rings. The third-order valence-electron chi connectivity index (χ3n) is 3.87. The number of carbonyl (C=O) groups excluding carboxylic acids is 1. The largest absolute Gasteiger partial charge is 0.395 e. The Hall–Kier alpha value is -0.410. The van der Waals surface area contributed by atoms with Crippen molar-refractivity contribution in [2.75, 3.05) is 19.7 Å². The van der Waals surface area contributed by atoms with E-state index < -0.39 is 0 Å². The summed E-state index contributed by atoms with van der Waals surface area (Å²) >= 11 is 0. The highest BCUT2D eigenvalue weighted by Gasteiger charge is 2.34. The molecular weight excluding hydrogens is 214 g/mol. The Balaban J connectivity index is 2.60. The van der Waals surface area contributed by atoms with Crippen molar-refractivity contribution in [2.45, 2.75) is 53.0 Å². The molecule has 1 saturated carbocycles. The van der Waals surface area contributed by atoms with Gasteiger partial charge in [-0.2, -0.15) is 0 Å². The van der Waals surface area contributed by atoms with Gasteiger partial charge in [-0.1, -0.05) is 13.8 Å². The molecule has 1 atom stereocenters. The lowest BCUT2D eigenvalue weighted by Gasteiger charge is -2.37. The average Bonchev–Trinajstić information content (AvgIpc) is 2.22. The average molecular weight is 241 g/mol. The minimum atomic E-state index is 0.160. The highest BCUT2D eigenvalue weighted by molar-refractivity contribution is 5.82. The Kier molecular flexibility index (Phi) is 5.14. The number of aliphatic hydroxyl groups excluding tert-OH is 1. The standard InChI is InChI=1S/C14H27NO2/c1-11(2)15(7-8-16)10-12-9-14(3,4)6-5-13(12)17/h11-12,16H,5-10H2,1-4H3. The van der Waals surface area contributed by atoms with Crippen molar-refractivity contribution in [1.82, 2.24) is 4.90 Å². The van der Waals surface area contributed by atoms with E-state index in [-0.39, 0.29) is 12.5 Å². The van der Waals surface area contributed by atoms with Gasteiger partial charge in [-0.25, -0.2) is 0 Å². The van der Waals surface area contributed by atoms with E-state index in [1.54, 1.807) is 0 Å². The molecule has 0 radical (unpaired) electrons. The van der Waals surface area contributed by atoms with Crippen LogP contribution in [-0.2, 0) is 4.79 Å². The monoisotopic (exact) mass is 241 g/mol. The Bertz CT molecular complexity index is 261. The Morgan fingerprint density at radius 2 is 2.12 bits per heavy atom. The first-order chi connectivity index (χ1) is 7.85. The van der Waals surface area contributed by atoms with Crippen LogP contribution < -0.4 is 0 Å². The fraction of sp³-hybridized carbons (Fsp3) is 0.929. The van der Waals surface area contributed by atoms with E-state index in [1.807, 2.05) is 0 Å². The molecule has 1 unspecified atom stereocenters. The maximum atomic E-state index is 12.0. The highest BCUT2D eigenvalue weighted by Crippen LogP contribution is 2.37. The van der Waals surface area contributed by atoms with E-state index in [0.29, 0.717) is 23.8 Å². The van der Waals surface area contributed by atoms with Crippen LogP contribution >= 0.6 is 0 Å². The van der Waals surface area contributed by atoms with Gasteiger partial charge in [0.15, 0.2) is 0 Å². The normalized spacial score (nSPS) is 24.6.